The van der Waals surface area contributed by atoms with Crippen LogP contribution in [0.2, 0.25) is 0 Å². The summed E-state index contributed by atoms with van der Waals surface area (Å²) in [7, 11) is 1.74. The molecular formula is C12H23NO2. The third-order valence-corrected chi connectivity index (χ3v) is 1.51. The summed E-state index contributed by atoms with van der Waals surface area (Å²) in [5, 5.41) is 0. The Bertz CT molecular complexity index is 230. The first-order valence-corrected chi connectivity index (χ1v) is 5.44. The minimum Gasteiger partial charge on any atom is -0.467 e. The van der Waals surface area contributed by atoms with Crippen LogP contribution >= 0.6 is 0 Å². The molecule has 0 aromatic carbocycles. The van der Waals surface area contributed by atoms with E-state index >= 15 is 0 Å². The fourth-order valence-electron chi connectivity index (χ4n) is 0.748. The monoisotopic (exact) mass is 213 g/mol. The lowest BCUT2D eigenvalue weighted by molar-refractivity contribution is -0.128. The van der Waals surface area contributed by atoms with E-state index < -0.39 is 0 Å². The highest BCUT2D eigenvalue weighted by atomic mass is 16.3. The van der Waals surface area contributed by atoms with Crippen LogP contribution in [0.1, 0.15) is 40.4 Å². The standard InChI is InChI=1S/C8H11NO2.2C2H6/c1-7(10)9(2)6-8-4-3-5-11-8;2*1-2/h3-5H,6H2,1-2H3;2*1-2H3. The van der Waals surface area contributed by atoms with Gasteiger partial charge in [0.1, 0.15) is 5.76 Å². The lowest BCUT2D eigenvalue weighted by Gasteiger charge is -2.11. The lowest BCUT2D eigenvalue weighted by atomic mass is 10.4. The number of hydrogen-bond donors (Lipinski definition) is 0. The molecule has 0 aliphatic carbocycles. The third-order valence-electron chi connectivity index (χ3n) is 1.51. The molecule has 0 saturated heterocycles. The molecule has 0 N–H and O–H groups in total. The molecule has 0 bridgehead atoms. The van der Waals surface area contributed by atoms with E-state index in [-0.39, 0.29) is 5.91 Å². The van der Waals surface area contributed by atoms with E-state index in [2.05, 4.69) is 0 Å². The zero-order chi connectivity index (χ0) is 12.3. The normalized spacial score (nSPS) is 7.87. The summed E-state index contributed by atoms with van der Waals surface area (Å²) in [6, 6.07) is 3.66. The predicted molar refractivity (Wildman–Crippen MR) is 63.6 cm³/mol. The summed E-state index contributed by atoms with van der Waals surface area (Å²) in [6.07, 6.45) is 1.60. The van der Waals surface area contributed by atoms with Crippen molar-refractivity contribution in [3.05, 3.63) is 24.2 Å². The van der Waals surface area contributed by atoms with Crippen LogP contribution in [-0.2, 0) is 11.3 Å². The molecule has 0 fully saturated rings. The fraction of sp³-hybridized carbons (Fsp3) is 0.583. The second kappa shape index (κ2) is 10.8. The van der Waals surface area contributed by atoms with Crippen LogP contribution < -0.4 is 0 Å². The Balaban J connectivity index is 0. The molecule has 0 saturated carbocycles. The summed E-state index contributed by atoms with van der Waals surface area (Å²) in [5.41, 5.74) is 0. The van der Waals surface area contributed by atoms with Crippen molar-refractivity contribution in [2.75, 3.05) is 7.05 Å². The maximum Gasteiger partial charge on any atom is 0.219 e. The highest BCUT2D eigenvalue weighted by Crippen LogP contribution is 2.02. The van der Waals surface area contributed by atoms with Crippen molar-refractivity contribution in [3.8, 4) is 0 Å². The van der Waals surface area contributed by atoms with Crippen molar-refractivity contribution >= 4 is 5.91 Å². The predicted octanol–water partition coefficient (Wildman–Crippen LogP) is 3.31. The van der Waals surface area contributed by atoms with E-state index in [0.29, 0.717) is 6.54 Å². The Morgan fingerprint density at radius 2 is 1.87 bits per heavy atom. The molecule has 1 aromatic rings. The Morgan fingerprint density at radius 1 is 1.33 bits per heavy atom. The first kappa shape index (κ1) is 16.2. The largest absolute Gasteiger partial charge is 0.467 e. The topological polar surface area (TPSA) is 33.5 Å². The molecule has 0 radical (unpaired) electrons. The van der Waals surface area contributed by atoms with Crippen LogP contribution in [0, 0.1) is 0 Å². The number of amides is 1. The molecule has 1 amide bonds. The number of carbonyl (C=O) groups is 1. The van der Waals surface area contributed by atoms with Gasteiger partial charge in [0.2, 0.25) is 5.91 Å². The van der Waals surface area contributed by atoms with E-state index in [1.54, 1.807) is 18.2 Å². The van der Waals surface area contributed by atoms with Gasteiger partial charge < -0.3 is 9.32 Å². The number of furan rings is 1. The van der Waals surface area contributed by atoms with Crippen molar-refractivity contribution in [1.29, 1.82) is 0 Å². The molecule has 1 heterocycles. The van der Waals surface area contributed by atoms with Gasteiger partial charge in [0.25, 0.3) is 0 Å². The highest BCUT2D eigenvalue weighted by Gasteiger charge is 2.03. The van der Waals surface area contributed by atoms with Gasteiger partial charge in [-0.1, -0.05) is 27.7 Å². The second-order valence-electron chi connectivity index (χ2n) is 2.45. The van der Waals surface area contributed by atoms with Crippen molar-refractivity contribution in [2.24, 2.45) is 0 Å². The SMILES string of the molecule is CC.CC.CC(=O)N(C)Cc1ccco1. The zero-order valence-corrected chi connectivity index (χ0v) is 10.7. The van der Waals surface area contributed by atoms with Gasteiger partial charge in [-0.15, -0.1) is 0 Å². The summed E-state index contributed by atoms with van der Waals surface area (Å²) in [4.78, 5) is 12.4. The van der Waals surface area contributed by atoms with Crippen LogP contribution in [-0.4, -0.2) is 17.9 Å². The highest BCUT2D eigenvalue weighted by molar-refractivity contribution is 5.72. The van der Waals surface area contributed by atoms with E-state index in [1.165, 1.54) is 6.92 Å². The Kier molecular flexibility index (Phi) is 11.7. The minimum absolute atomic E-state index is 0.0430. The number of carbonyl (C=O) groups excluding carboxylic acids is 1. The van der Waals surface area contributed by atoms with Gasteiger partial charge in [-0.25, -0.2) is 0 Å². The maximum atomic E-state index is 10.8. The molecule has 3 nitrogen and oxygen atoms in total. The number of rotatable bonds is 2. The van der Waals surface area contributed by atoms with Gasteiger partial charge in [0.15, 0.2) is 0 Å². The summed E-state index contributed by atoms with van der Waals surface area (Å²) < 4.78 is 5.06. The number of hydrogen-bond acceptors (Lipinski definition) is 2. The van der Waals surface area contributed by atoms with Gasteiger partial charge in [-0.3, -0.25) is 4.79 Å². The number of nitrogens with zero attached hydrogens (tertiary/aromatic N) is 1. The molecule has 88 valence electrons. The van der Waals surface area contributed by atoms with Crippen molar-refractivity contribution < 1.29 is 9.21 Å². The molecule has 0 atom stereocenters. The zero-order valence-electron chi connectivity index (χ0n) is 10.7. The molecule has 1 rings (SSSR count). The lowest BCUT2D eigenvalue weighted by Crippen LogP contribution is -2.22. The van der Waals surface area contributed by atoms with Gasteiger partial charge in [-0.2, -0.15) is 0 Å². The fourth-order valence-corrected chi connectivity index (χ4v) is 0.748. The van der Waals surface area contributed by atoms with E-state index in [0.717, 1.165) is 5.76 Å². The molecule has 0 spiro atoms. The first-order chi connectivity index (χ1) is 7.20. The summed E-state index contributed by atoms with van der Waals surface area (Å²) in [5.74, 6) is 0.851. The van der Waals surface area contributed by atoms with Gasteiger partial charge in [-0.05, 0) is 12.1 Å². The van der Waals surface area contributed by atoms with Crippen LogP contribution in [0.4, 0.5) is 0 Å². The Hall–Kier alpha value is -1.25. The van der Waals surface area contributed by atoms with E-state index in [1.807, 2.05) is 39.8 Å². The molecule has 0 aliphatic rings. The minimum atomic E-state index is 0.0430. The average Bonchev–Trinajstić information content (AvgIpc) is 2.76. The maximum absolute atomic E-state index is 10.8. The smallest absolute Gasteiger partial charge is 0.219 e. The average molecular weight is 213 g/mol. The molecular weight excluding hydrogens is 190 g/mol. The van der Waals surface area contributed by atoms with Crippen molar-refractivity contribution in [3.63, 3.8) is 0 Å². The second-order valence-corrected chi connectivity index (χ2v) is 2.45. The van der Waals surface area contributed by atoms with Gasteiger partial charge in [0, 0.05) is 14.0 Å². The molecule has 1 aromatic heterocycles. The van der Waals surface area contributed by atoms with Crippen LogP contribution in [0.15, 0.2) is 22.8 Å². The van der Waals surface area contributed by atoms with Crippen molar-refractivity contribution in [2.45, 2.75) is 41.2 Å². The van der Waals surface area contributed by atoms with Crippen LogP contribution in [0.25, 0.3) is 0 Å². The van der Waals surface area contributed by atoms with E-state index in [4.69, 9.17) is 4.42 Å². The molecule has 15 heavy (non-hydrogen) atoms. The van der Waals surface area contributed by atoms with Crippen molar-refractivity contribution in [1.82, 2.24) is 4.90 Å². The molecule has 0 unspecified atom stereocenters. The van der Waals surface area contributed by atoms with Gasteiger partial charge >= 0.3 is 0 Å². The Morgan fingerprint density at radius 3 is 2.20 bits per heavy atom. The van der Waals surface area contributed by atoms with E-state index in [9.17, 15) is 4.79 Å². The van der Waals surface area contributed by atoms with Crippen LogP contribution in [0.3, 0.4) is 0 Å². The van der Waals surface area contributed by atoms with Gasteiger partial charge in [0.05, 0.1) is 12.8 Å². The summed E-state index contributed by atoms with van der Waals surface area (Å²) in [6.45, 7) is 10.1. The first-order valence-electron chi connectivity index (χ1n) is 5.44. The molecule has 3 heteroatoms. The Labute approximate surface area is 93.1 Å². The molecule has 0 aliphatic heterocycles. The third kappa shape index (κ3) is 7.79. The summed E-state index contributed by atoms with van der Waals surface area (Å²) >= 11 is 0. The quantitative estimate of drug-likeness (QED) is 0.755. The van der Waals surface area contributed by atoms with Crippen LogP contribution in [0.5, 0.6) is 0 Å².